The number of hydrogen-bond acceptors (Lipinski definition) is 4. The predicted molar refractivity (Wildman–Crippen MR) is 127 cm³/mol. The summed E-state index contributed by atoms with van der Waals surface area (Å²) in [4.78, 5) is 8.63. The number of thiophene rings is 1. The van der Waals surface area contributed by atoms with Crippen LogP contribution in [0.1, 0.15) is 41.8 Å². The van der Waals surface area contributed by atoms with E-state index in [4.69, 9.17) is 15.5 Å². The first-order valence-electron chi connectivity index (χ1n) is 9.74. The highest BCUT2D eigenvalue weighted by molar-refractivity contribution is 14.0. The monoisotopic (exact) mass is 512 g/mol. The summed E-state index contributed by atoms with van der Waals surface area (Å²) in [7, 11) is 2.22. The van der Waals surface area contributed by atoms with Gasteiger partial charge in [0.05, 0.1) is 12.6 Å². The second kappa shape index (κ2) is 9.93. The van der Waals surface area contributed by atoms with Gasteiger partial charge in [-0.05, 0) is 49.9 Å². The molecule has 0 bridgehead atoms. The van der Waals surface area contributed by atoms with Crippen LogP contribution in [-0.4, -0.2) is 37.6 Å². The molecule has 3 N–H and O–H groups in total. The Morgan fingerprint density at radius 3 is 2.96 bits per heavy atom. The van der Waals surface area contributed by atoms with Crippen molar-refractivity contribution in [2.45, 2.75) is 31.3 Å². The first kappa shape index (κ1) is 21.4. The highest BCUT2D eigenvalue weighted by Crippen LogP contribution is 2.37. The third-order valence-electron chi connectivity index (χ3n) is 5.62. The fourth-order valence-electron chi connectivity index (χ4n) is 4.29. The molecule has 5 nitrogen and oxygen atoms in total. The van der Waals surface area contributed by atoms with Crippen molar-refractivity contribution < 1.29 is 4.74 Å². The number of nitrogens with zero attached hydrogens (tertiary/aromatic N) is 2. The lowest BCUT2D eigenvalue weighted by atomic mass is 9.88. The lowest BCUT2D eigenvalue weighted by Gasteiger charge is -2.38. The van der Waals surface area contributed by atoms with Crippen molar-refractivity contribution in [2.75, 3.05) is 26.7 Å². The molecule has 1 saturated heterocycles. The number of para-hydroxylation sites is 1. The van der Waals surface area contributed by atoms with Crippen LogP contribution >= 0.6 is 35.3 Å². The van der Waals surface area contributed by atoms with Crippen LogP contribution in [0.2, 0.25) is 0 Å². The van der Waals surface area contributed by atoms with Crippen LogP contribution in [-0.2, 0) is 0 Å². The van der Waals surface area contributed by atoms with Crippen LogP contribution in [0, 0.1) is 5.92 Å². The number of ether oxygens (including phenoxy) is 1. The van der Waals surface area contributed by atoms with Crippen molar-refractivity contribution in [3.8, 4) is 5.75 Å². The number of guanidine groups is 1. The SMILES string of the molecule is CN1CCCC(CN=C(N)NC2CCOc3ccccc32)C1c1cccs1.I. The molecular weight excluding hydrogens is 483 g/mol. The number of fused-ring (bicyclic) bond motifs is 1. The van der Waals surface area contributed by atoms with E-state index in [-0.39, 0.29) is 30.0 Å². The molecule has 3 atom stereocenters. The van der Waals surface area contributed by atoms with E-state index in [9.17, 15) is 0 Å². The fourth-order valence-corrected chi connectivity index (χ4v) is 5.27. The van der Waals surface area contributed by atoms with Gasteiger partial charge >= 0.3 is 0 Å². The number of piperidine rings is 1. The number of aliphatic imine (C=N–C) groups is 1. The highest BCUT2D eigenvalue weighted by atomic mass is 127. The minimum absolute atomic E-state index is 0. The van der Waals surface area contributed by atoms with E-state index in [1.54, 1.807) is 0 Å². The highest BCUT2D eigenvalue weighted by Gasteiger charge is 2.31. The molecule has 4 rings (SSSR count). The molecule has 0 amide bonds. The summed E-state index contributed by atoms with van der Waals surface area (Å²) < 4.78 is 5.73. The van der Waals surface area contributed by atoms with Crippen LogP contribution in [0.3, 0.4) is 0 Å². The Hall–Kier alpha value is -1.32. The molecule has 2 aliphatic heterocycles. The van der Waals surface area contributed by atoms with Gasteiger partial charge in [0.2, 0.25) is 0 Å². The topological polar surface area (TPSA) is 62.9 Å². The second-order valence-electron chi connectivity index (χ2n) is 7.44. The summed E-state index contributed by atoms with van der Waals surface area (Å²) in [6.45, 7) is 2.61. The van der Waals surface area contributed by atoms with E-state index < -0.39 is 0 Å². The molecule has 2 aliphatic rings. The van der Waals surface area contributed by atoms with E-state index in [1.807, 2.05) is 29.5 Å². The summed E-state index contributed by atoms with van der Waals surface area (Å²) >= 11 is 1.84. The average molecular weight is 512 g/mol. The van der Waals surface area contributed by atoms with Gasteiger partial charge in [-0.1, -0.05) is 24.3 Å². The van der Waals surface area contributed by atoms with Crippen molar-refractivity contribution in [2.24, 2.45) is 16.6 Å². The van der Waals surface area contributed by atoms with Gasteiger partial charge in [-0.2, -0.15) is 0 Å². The lowest BCUT2D eigenvalue weighted by molar-refractivity contribution is 0.128. The first-order valence-corrected chi connectivity index (χ1v) is 10.6. The third-order valence-corrected chi connectivity index (χ3v) is 6.56. The zero-order valence-corrected chi connectivity index (χ0v) is 19.4. The van der Waals surface area contributed by atoms with Crippen molar-refractivity contribution in [3.63, 3.8) is 0 Å². The number of halogens is 1. The molecule has 3 unspecified atom stereocenters. The predicted octanol–water partition coefficient (Wildman–Crippen LogP) is 4.18. The summed E-state index contributed by atoms with van der Waals surface area (Å²) in [6, 6.07) is 13.2. The number of nitrogens with two attached hydrogens (primary N) is 1. The van der Waals surface area contributed by atoms with E-state index in [1.165, 1.54) is 17.7 Å². The Morgan fingerprint density at radius 2 is 2.14 bits per heavy atom. The van der Waals surface area contributed by atoms with Gasteiger partial charge < -0.3 is 15.8 Å². The Labute approximate surface area is 188 Å². The summed E-state index contributed by atoms with van der Waals surface area (Å²) in [5.41, 5.74) is 7.43. The van der Waals surface area contributed by atoms with Crippen LogP contribution < -0.4 is 15.8 Å². The Balaban J connectivity index is 0.00000225. The van der Waals surface area contributed by atoms with Crippen LogP contribution in [0.25, 0.3) is 0 Å². The standard InChI is InChI=1S/C21H28N4OS.HI/c1-25-11-4-6-15(20(25)19-9-5-13-27-19)14-23-21(22)24-17-10-12-26-18-8-3-2-7-16(17)18;/h2-3,5,7-9,13,15,17,20H,4,6,10-12,14H2,1H3,(H3,22,23,24);1H. The molecule has 1 aromatic carbocycles. The smallest absolute Gasteiger partial charge is 0.189 e. The van der Waals surface area contributed by atoms with Crippen molar-refractivity contribution in [1.29, 1.82) is 0 Å². The molecule has 1 aromatic heterocycles. The van der Waals surface area contributed by atoms with Gasteiger partial charge in [-0.25, -0.2) is 0 Å². The third kappa shape index (κ3) is 4.80. The van der Waals surface area contributed by atoms with Gasteiger partial charge in [-0.3, -0.25) is 9.89 Å². The van der Waals surface area contributed by atoms with E-state index in [2.05, 4.69) is 40.8 Å². The number of rotatable bonds is 4. The maximum Gasteiger partial charge on any atom is 0.189 e. The molecular formula is C21H29IN4OS. The largest absolute Gasteiger partial charge is 0.493 e. The fraction of sp³-hybridized carbons (Fsp3) is 0.476. The number of likely N-dealkylation sites (tertiary alicyclic amines) is 1. The molecule has 3 heterocycles. The van der Waals surface area contributed by atoms with Gasteiger partial charge in [0.15, 0.2) is 5.96 Å². The molecule has 0 spiro atoms. The summed E-state index contributed by atoms with van der Waals surface area (Å²) in [5.74, 6) is 1.99. The van der Waals surface area contributed by atoms with Crippen molar-refractivity contribution >= 4 is 41.3 Å². The average Bonchev–Trinajstić information content (AvgIpc) is 3.21. The van der Waals surface area contributed by atoms with Crippen molar-refractivity contribution in [3.05, 3.63) is 52.2 Å². The molecule has 0 aliphatic carbocycles. The van der Waals surface area contributed by atoms with Crippen LogP contribution in [0.4, 0.5) is 0 Å². The molecule has 152 valence electrons. The van der Waals surface area contributed by atoms with Gasteiger partial charge in [0, 0.05) is 29.4 Å². The molecule has 2 aromatic rings. The Kier molecular flexibility index (Phi) is 7.59. The van der Waals surface area contributed by atoms with Crippen LogP contribution in [0.15, 0.2) is 46.8 Å². The zero-order chi connectivity index (χ0) is 18.6. The number of nitrogens with one attached hydrogen (secondary N) is 1. The Morgan fingerprint density at radius 1 is 1.29 bits per heavy atom. The molecule has 0 saturated carbocycles. The van der Waals surface area contributed by atoms with Crippen LogP contribution in [0.5, 0.6) is 5.75 Å². The number of benzene rings is 1. The minimum Gasteiger partial charge on any atom is -0.493 e. The Bertz CT molecular complexity index is 782. The molecule has 1 fully saturated rings. The first-order chi connectivity index (χ1) is 13.2. The normalized spacial score (nSPS) is 25.3. The quantitative estimate of drug-likeness (QED) is 0.367. The molecule has 28 heavy (non-hydrogen) atoms. The minimum atomic E-state index is 0. The number of hydrogen-bond donors (Lipinski definition) is 2. The van der Waals surface area contributed by atoms with Gasteiger partial charge in [-0.15, -0.1) is 35.3 Å². The second-order valence-corrected chi connectivity index (χ2v) is 8.42. The summed E-state index contributed by atoms with van der Waals surface area (Å²) in [5, 5.41) is 5.58. The zero-order valence-electron chi connectivity index (χ0n) is 16.2. The molecule has 7 heteroatoms. The van der Waals surface area contributed by atoms with E-state index >= 15 is 0 Å². The maximum absolute atomic E-state index is 6.26. The van der Waals surface area contributed by atoms with E-state index in [0.717, 1.165) is 30.8 Å². The van der Waals surface area contributed by atoms with E-state index in [0.29, 0.717) is 24.5 Å². The lowest BCUT2D eigenvalue weighted by Crippen LogP contribution is -2.39. The van der Waals surface area contributed by atoms with Gasteiger partial charge in [0.1, 0.15) is 5.75 Å². The van der Waals surface area contributed by atoms with Crippen molar-refractivity contribution in [1.82, 2.24) is 10.2 Å². The maximum atomic E-state index is 6.26. The molecule has 0 radical (unpaired) electrons. The van der Waals surface area contributed by atoms with Gasteiger partial charge in [0.25, 0.3) is 0 Å². The summed E-state index contributed by atoms with van der Waals surface area (Å²) in [6.07, 6.45) is 3.32.